The molecule has 0 saturated carbocycles. The SMILES string of the molecule is c1ccc(-c2nc(-c3ccccc3)nc(-c3ccc(-n4c5cc6ccccc6cc5c5cc6ccccc6cc54)cc3-c3ccccc3)n2)cc1. The highest BCUT2D eigenvalue weighted by molar-refractivity contribution is 6.16. The molecule has 2 heterocycles. The van der Waals surface area contributed by atoms with Crippen molar-refractivity contribution in [1.29, 1.82) is 0 Å². The van der Waals surface area contributed by atoms with Crippen LogP contribution in [0.15, 0.2) is 182 Å². The van der Waals surface area contributed by atoms with Gasteiger partial charge in [0.2, 0.25) is 0 Å². The largest absolute Gasteiger partial charge is 0.309 e. The molecule has 0 N–H and O–H groups in total. The topological polar surface area (TPSA) is 43.6 Å². The first-order valence-corrected chi connectivity index (χ1v) is 17.2. The molecule has 0 fully saturated rings. The van der Waals surface area contributed by atoms with Gasteiger partial charge in [0.25, 0.3) is 0 Å². The highest BCUT2D eigenvalue weighted by Crippen LogP contribution is 2.40. The Balaban J connectivity index is 1.26. The van der Waals surface area contributed by atoms with E-state index in [-0.39, 0.29) is 0 Å². The van der Waals surface area contributed by atoms with E-state index in [2.05, 4.69) is 126 Å². The molecule has 4 heteroatoms. The van der Waals surface area contributed by atoms with Gasteiger partial charge < -0.3 is 4.57 Å². The Morgan fingerprint density at radius 2 is 0.725 bits per heavy atom. The maximum Gasteiger partial charge on any atom is 0.164 e. The minimum Gasteiger partial charge on any atom is -0.309 e. The van der Waals surface area contributed by atoms with Crippen LogP contribution in [0, 0.1) is 0 Å². The van der Waals surface area contributed by atoms with E-state index in [4.69, 9.17) is 15.0 Å². The van der Waals surface area contributed by atoms with Crippen LogP contribution < -0.4 is 0 Å². The summed E-state index contributed by atoms with van der Waals surface area (Å²) in [6.07, 6.45) is 0. The molecular formula is C47H30N4. The zero-order valence-corrected chi connectivity index (χ0v) is 27.6. The van der Waals surface area contributed by atoms with E-state index < -0.39 is 0 Å². The number of nitrogens with zero attached hydrogens (tertiary/aromatic N) is 4. The summed E-state index contributed by atoms with van der Waals surface area (Å²) in [6.45, 7) is 0. The van der Waals surface area contributed by atoms with Crippen molar-refractivity contribution in [2.24, 2.45) is 0 Å². The predicted molar refractivity (Wildman–Crippen MR) is 211 cm³/mol. The molecule has 10 aromatic rings. The quantitative estimate of drug-likeness (QED) is 0.186. The molecule has 0 aliphatic carbocycles. The Morgan fingerprint density at radius 1 is 0.314 bits per heavy atom. The van der Waals surface area contributed by atoms with Crippen LogP contribution in [0.4, 0.5) is 0 Å². The minimum absolute atomic E-state index is 0.632. The summed E-state index contributed by atoms with van der Waals surface area (Å²) in [6, 6.07) is 64.1. The Hall–Kier alpha value is -6.91. The van der Waals surface area contributed by atoms with Crippen molar-refractivity contribution in [3.05, 3.63) is 182 Å². The third-order valence-corrected chi connectivity index (χ3v) is 9.79. The summed E-state index contributed by atoms with van der Waals surface area (Å²) in [5, 5.41) is 7.36. The molecule has 238 valence electrons. The van der Waals surface area contributed by atoms with Crippen LogP contribution in [-0.4, -0.2) is 19.5 Å². The van der Waals surface area contributed by atoms with Gasteiger partial charge in [0.15, 0.2) is 17.5 Å². The van der Waals surface area contributed by atoms with Crippen molar-refractivity contribution in [3.63, 3.8) is 0 Å². The normalized spacial score (nSPS) is 11.5. The van der Waals surface area contributed by atoms with E-state index in [1.807, 2.05) is 60.7 Å². The van der Waals surface area contributed by atoms with Gasteiger partial charge in [-0.05, 0) is 75.1 Å². The first-order chi connectivity index (χ1) is 25.3. The number of rotatable bonds is 5. The number of aromatic nitrogens is 4. The van der Waals surface area contributed by atoms with Crippen LogP contribution in [0.25, 0.3) is 94.3 Å². The van der Waals surface area contributed by atoms with E-state index in [1.54, 1.807) is 0 Å². The molecule has 0 amide bonds. The van der Waals surface area contributed by atoms with Crippen LogP contribution in [-0.2, 0) is 0 Å². The van der Waals surface area contributed by atoms with Crippen molar-refractivity contribution in [2.45, 2.75) is 0 Å². The molecule has 0 atom stereocenters. The average Bonchev–Trinajstić information content (AvgIpc) is 3.51. The first-order valence-electron chi connectivity index (χ1n) is 17.2. The smallest absolute Gasteiger partial charge is 0.164 e. The maximum atomic E-state index is 5.12. The van der Waals surface area contributed by atoms with Crippen LogP contribution in [0.5, 0.6) is 0 Å². The lowest BCUT2D eigenvalue weighted by molar-refractivity contribution is 1.07. The van der Waals surface area contributed by atoms with E-state index in [0.29, 0.717) is 17.5 Å². The lowest BCUT2D eigenvalue weighted by atomic mass is 9.98. The van der Waals surface area contributed by atoms with Gasteiger partial charge >= 0.3 is 0 Å². The Labute approximate surface area is 295 Å². The predicted octanol–water partition coefficient (Wildman–Crippen LogP) is 11.9. The molecule has 0 spiro atoms. The summed E-state index contributed by atoms with van der Waals surface area (Å²) in [5.74, 6) is 1.92. The molecule has 8 aromatic carbocycles. The Bertz CT molecular complexity index is 2740. The summed E-state index contributed by atoms with van der Waals surface area (Å²) in [5.41, 5.74) is 8.39. The molecular weight excluding hydrogens is 621 g/mol. The maximum absolute atomic E-state index is 5.12. The third kappa shape index (κ3) is 5.04. The lowest BCUT2D eigenvalue weighted by Crippen LogP contribution is -2.02. The van der Waals surface area contributed by atoms with Gasteiger partial charge in [-0.3, -0.25) is 0 Å². The third-order valence-electron chi connectivity index (χ3n) is 9.79. The number of hydrogen-bond acceptors (Lipinski definition) is 3. The second-order valence-electron chi connectivity index (χ2n) is 12.9. The fraction of sp³-hybridized carbons (Fsp3) is 0. The van der Waals surface area contributed by atoms with Gasteiger partial charge in [-0.25, -0.2) is 15.0 Å². The number of fused-ring (bicyclic) bond motifs is 5. The molecule has 10 rings (SSSR count). The molecule has 0 saturated heterocycles. The van der Waals surface area contributed by atoms with Gasteiger partial charge in [-0.2, -0.15) is 0 Å². The zero-order chi connectivity index (χ0) is 33.7. The van der Waals surface area contributed by atoms with Crippen molar-refractivity contribution in [1.82, 2.24) is 19.5 Å². The molecule has 0 unspecified atom stereocenters. The van der Waals surface area contributed by atoms with Crippen molar-refractivity contribution >= 4 is 43.4 Å². The second-order valence-corrected chi connectivity index (χ2v) is 12.9. The Kier molecular flexibility index (Phi) is 6.78. The van der Waals surface area contributed by atoms with Gasteiger partial charge in [-0.15, -0.1) is 0 Å². The van der Waals surface area contributed by atoms with Gasteiger partial charge in [0.05, 0.1) is 11.0 Å². The van der Waals surface area contributed by atoms with E-state index in [0.717, 1.165) is 33.5 Å². The lowest BCUT2D eigenvalue weighted by Gasteiger charge is -2.16. The van der Waals surface area contributed by atoms with Gasteiger partial charge in [0, 0.05) is 33.2 Å². The molecule has 0 aliphatic rings. The first kappa shape index (κ1) is 29.0. The van der Waals surface area contributed by atoms with Crippen LogP contribution in [0.3, 0.4) is 0 Å². The highest BCUT2D eigenvalue weighted by Gasteiger charge is 2.19. The molecule has 4 nitrogen and oxygen atoms in total. The minimum atomic E-state index is 0.632. The molecule has 51 heavy (non-hydrogen) atoms. The fourth-order valence-corrected chi connectivity index (χ4v) is 7.32. The van der Waals surface area contributed by atoms with E-state index in [9.17, 15) is 0 Å². The van der Waals surface area contributed by atoms with Crippen molar-refractivity contribution < 1.29 is 0 Å². The van der Waals surface area contributed by atoms with Crippen LogP contribution in [0.1, 0.15) is 0 Å². The molecule has 0 radical (unpaired) electrons. The van der Waals surface area contributed by atoms with E-state index in [1.165, 1.54) is 43.4 Å². The summed E-state index contributed by atoms with van der Waals surface area (Å²) >= 11 is 0. The van der Waals surface area contributed by atoms with Crippen LogP contribution >= 0.6 is 0 Å². The number of benzene rings is 8. The van der Waals surface area contributed by atoms with Crippen LogP contribution in [0.2, 0.25) is 0 Å². The molecule has 0 bridgehead atoms. The van der Waals surface area contributed by atoms with Gasteiger partial charge in [-0.1, -0.05) is 140 Å². The zero-order valence-electron chi connectivity index (χ0n) is 27.6. The molecule has 0 aliphatic heterocycles. The number of hydrogen-bond donors (Lipinski definition) is 0. The fourth-order valence-electron chi connectivity index (χ4n) is 7.32. The van der Waals surface area contributed by atoms with Crippen molar-refractivity contribution in [2.75, 3.05) is 0 Å². The highest BCUT2D eigenvalue weighted by atomic mass is 15.0. The standard InChI is InChI=1S/C47H30N4/c1-4-14-31(15-5-1)40-30-38(24-25-39(40)47-49-45(32-16-6-2-7-17-32)48-46(50-47)33-18-8-3-9-19-33)51-43-28-36-22-12-10-20-34(36)26-41(43)42-27-35-21-11-13-23-37(35)29-44(42)51/h1-30H. The molecule has 2 aromatic heterocycles. The van der Waals surface area contributed by atoms with Crippen molar-refractivity contribution in [3.8, 4) is 51.0 Å². The summed E-state index contributed by atoms with van der Waals surface area (Å²) < 4.78 is 2.41. The van der Waals surface area contributed by atoms with Gasteiger partial charge in [0.1, 0.15) is 0 Å². The van der Waals surface area contributed by atoms with E-state index >= 15 is 0 Å². The summed E-state index contributed by atoms with van der Waals surface area (Å²) in [4.78, 5) is 15.2. The Morgan fingerprint density at radius 3 is 1.22 bits per heavy atom. The average molecular weight is 651 g/mol. The second kappa shape index (κ2) is 11.9. The monoisotopic (exact) mass is 650 g/mol. The summed E-state index contributed by atoms with van der Waals surface area (Å²) in [7, 11) is 0.